The maximum absolute atomic E-state index is 13.0. The summed E-state index contributed by atoms with van der Waals surface area (Å²) in [6.07, 6.45) is 5.43. The molecular formula is C27H30N6OS. The number of hydrogen-bond acceptors (Lipinski definition) is 6. The molecule has 2 aromatic carbocycles. The van der Waals surface area contributed by atoms with Gasteiger partial charge in [0, 0.05) is 30.4 Å². The molecule has 1 fully saturated rings. The van der Waals surface area contributed by atoms with E-state index in [-0.39, 0.29) is 17.6 Å². The first-order valence-corrected chi connectivity index (χ1v) is 13.0. The zero-order valence-corrected chi connectivity index (χ0v) is 21.0. The fraction of sp³-hybridized carbons (Fsp3) is 0.333. The summed E-state index contributed by atoms with van der Waals surface area (Å²) in [5.74, 6) is -0.284. The number of rotatable bonds is 6. The van der Waals surface area contributed by atoms with Crippen LogP contribution in [0.15, 0.2) is 65.1 Å². The average molecular weight is 487 g/mol. The molecule has 0 aliphatic carbocycles. The lowest BCUT2D eigenvalue weighted by Crippen LogP contribution is -2.30. The minimum Gasteiger partial charge on any atom is -0.323 e. The number of aromatic nitrogens is 3. The van der Waals surface area contributed by atoms with Crippen molar-refractivity contribution in [1.82, 2.24) is 19.4 Å². The maximum atomic E-state index is 13.0. The van der Waals surface area contributed by atoms with Crippen molar-refractivity contribution >= 4 is 34.0 Å². The number of para-hydroxylation sites is 3. The summed E-state index contributed by atoms with van der Waals surface area (Å²) in [7, 11) is 2.09. The fourth-order valence-electron chi connectivity index (χ4n) is 4.47. The average Bonchev–Trinajstić information content (AvgIpc) is 3.23. The van der Waals surface area contributed by atoms with Gasteiger partial charge in [-0.05, 0) is 56.6 Å². The van der Waals surface area contributed by atoms with Crippen molar-refractivity contribution < 1.29 is 4.79 Å². The predicted molar refractivity (Wildman–Crippen MR) is 140 cm³/mol. The van der Waals surface area contributed by atoms with E-state index in [1.165, 1.54) is 44.2 Å². The van der Waals surface area contributed by atoms with E-state index in [4.69, 9.17) is 4.99 Å². The van der Waals surface area contributed by atoms with Crippen molar-refractivity contribution in [3.8, 4) is 0 Å². The van der Waals surface area contributed by atoms with Crippen LogP contribution in [0.25, 0.3) is 11.0 Å². The zero-order valence-electron chi connectivity index (χ0n) is 20.1. The van der Waals surface area contributed by atoms with Crippen LogP contribution in [0.1, 0.15) is 54.0 Å². The van der Waals surface area contributed by atoms with Gasteiger partial charge >= 0.3 is 0 Å². The highest BCUT2D eigenvalue weighted by molar-refractivity contribution is 7.07. The zero-order chi connectivity index (χ0) is 24.2. The van der Waals surface area contributed by atoms with Crippen LogP contribution in [0, 0.1) is 0 Å². The lowest BCUT2D eigenvalue weighted by molar-refractivity contribution is 0.102. The van der Waals surface area contributed by atoms with Gasteiger partial charge in [-0.3, -0.25) is 19.7 Å². The van der Waals surface area contributed by atoms with Crippen LogP contribution >= 0.6 is 11.3 Å². The molecule has 1 aliphatic rings. The lowest BCUT2D eigenvalue weighted by atomic mass is 10.1. The Morgan fingerprint density at radius 1 is 1.09 bits per heavy atom. The quantitative estimate of drug-likeness (QED) is 0.419. The Kier molecular flexibility index (Phi) is 7.01. The molecule has 8 heteroatoms. The number of hydrogen-bond donors (Lipinski definition) is 1. The first kappa shape index (κ1) is 23.4. The molecular weight excluding hydrogens is 456 g/mol. The highest BCUT2D eigenvalue weighted by Gasteiger charge is 2.16. The number of piperidine rings is 1. The van der Waals surface area contributed by atoms with E-state index in [0.29, 0.717) is 5.52 Å². The molecule has 0 saturated carbocycles. The third-order valence-electron chi connectivity index (χ3n) is 6.50. The van der Waals surface area contributed by atoms with Crippen LogP contribution < -0.4 is 10.1 Å². The first-order valence-electron chi connectivity index (χ1n) is 12.1. The largest absolute Gasteiger partial charge is 0.323 e. The minimum absolute atomic E-state index is 0.123. The molecule has 1 saturated heterocycles. The molecule has 1 aliphatic heterocycles. The van der Waals surface area contributed by atoms with E-state index < -0.39 is 0 Å². The van der Waals surface area contributed by atoms with Crippen LogP contribution in [0.3, 0.4) is 0 Å². The normalized spacial score (nSPS) is 15.9. The minimum atomic E-state index is -0.284. The number of anilines is 1. The molecule has 4 aromatic rings. The highest BCUT2D eigenvalue weighted by atomic mass is 32.1. The number of carbonyl (C=O) groups excluding carboxylic acids is 1. The monoisotopic (exact) mass is 486 g/mol. The van der Waals surface area contributed by atoms with Gasteiger partial charge in [-0.1, -0.05) is 36.8 Å². The van der Waals surface area contributed by atoms with Crippen LogP contribution in [-0.4, -0.2) is 38.4 Å². The third kappa shape index (κ3) is 5.33. The predicted octanol–water partition coefficient (Wildman–Crippen LogP) is 4.93. The topological polar surface area (TPSA) is 75.4 Å². The summed E-state index contributed by atoms with van der Waals surface area (Å²) in [5, 5.41) is 5.24. The van der Waals surface area contributed by atoms with E-state index in [1.807, 2.05) is 48.5 Å². The molecule has 2 aromatic heterocycles. The molecule has 0 radical (unpaired) electrons. The fourth-order valence-corrected chi connectivity index (χ4v) is 5.44. The van der Waals surface area contributed by atoms with Gasteiger partial charge in [0.05, 0.1) is 23.3 Å². The second kappa shape index (κ2) is 10.5. The molecule has 0 bridgehead atoms. The number of thiazole rings is 1. The summed E-state index contributed by atoms with van der Waals surface area (Å²) in [4.78, 5) is 30.3. The van der Waals surface area contributed by atoms with Gasteiger partial charge in [0.2, 0.25) is 0 Å². The molecule has 180 valence electrons. The van der Waals surface area contributed by atoms with Gasteiger partial charge in [0.1, 0.15) is 5.69 Å². The summed E-state index contributed by atoms with van der Waals surface area (Å²) in [6, 6.07) is 15.2. The molecule has 7 nitrogen and oxygen atoms in total. The Balaban J connectivity index is 1.35. The number of nitrogens with zero attached hydrogens (tertiary/aromatic N) is 5. The molecule has 3 heterocycles. The van der Waals surface area contributed by atoms with Crippen LogP contribution in [0.5, 0.6) is 0 Å². The lowest BCUT2D eigenvalue weighted by Gasteiger charge is -2.26. The van der Waals surface area contributed by atoms with Gasteiger partial charge in [0.15, 0.2) is 4.80 Å². The molecule has 1 amide bonds. The number of amides is 1. The Morgan fingerprint density at radius 3 is 2.66 bits per heavy atom. The molecule has 35 heavy (non-hydrogen) atoms. The van der Waals surface area contributed by atoms with Gasteiger partial charge in [-0.15, -0.1) is 11.3 Å². The molecule has 1 unspecified atom stereocenters. The molecule has 0 spiro atoms. The van der Waals surface area contributed by atoms with Gasteiger partial charge in [-0.2, -0.15) is 0 Å². The van der Waals surface area contributed by atoms with Crippen molar-refractivity contribution in [2.24, 2.45) is 12.0 Å². The van der Waals surface area contributed by atoms with Crippen molar-refractivity contribution in [1.29, 1.82) is 0 Å². The Bertz CT molecular complexity index is 1400. The standard InChI is InChI=1S/C27H30N6OS/c1-19(29-27-32(2)20(18-35-27)17-33-14-8-3-9-15-33)21-10-4-5-11-22(21)31-26(34)25-16-28-23-12-6-7-13-24(23)30-25/h4-7,10-13,16,18-19H,3,8-9,14-15,17H2,1-2H3,(H,31,34). The summed E-state index contributed by atoms with van der Waals surface area (Å²) in [5.41, 5.74) is 4.73. The van der Waals surface area contributed by atoms with E-state index in [9.17, 15) is 4.79 Å². The number of carbonyl (C=O) groups is 1. The van der Waals surface area contributed by atoms with Crippen LogP contribution in [0.4, 0.5) is 5.69 Å². The van der Waals surface area contributed by atoms with Crippen molar-refractivity contribution in [3.05, 3.63) is 81.9 Å². The van der Waals surface area contributed by atoms with Crippen molar-refractivity contribution in [2.45, 2.75) is 38.8 Å². The number of likely N-dealkylation sites (tertiary alicyclic amines) is 1. The second-order valence-corrected chi connectivity index (χ2v) is 9.83. The number of nitrogens with one attached hydrogen (secondary N) is 1. The molecule has 1 N–H and O–H groups in total. The third-order valence-corrected chi connectivity index (χ3v) is 7.48. The summed E-state index contributed by atoms with van der Waals surface area (Å²) >= 11 is 1.67. The van der Waals surface area contributed by atoms with E-state index >= 15 is 0 Å². The number of benzene rings is 2. The number of fused-ring (bicyclic) bond motifs is 1. The van der Waals surface area contributed by atoms with Crippen LogP contribution in [0.2, 0.25) is 0 Å². The van der Waals surface area contributed by atoms with Crippen LogP contribution in [-0.2, 0) is 13.6 Å². The first-order chi connectivity index (χ1) is 17.1. The van der Waals surface area contributed by atoms with Gasteiger partial charge in [0.25, 0.3) is 5.91 Å². The van der Waals surface area contributed by atoms with Crippen molar-refractivity contribution in [3.63, 3.8) is 0 Å². The maximum Gasteiger partial charge on any atom is 0.275 e. The molecule has 1 atom stereocenters. The van der Waals surface area contributed by atoms with Gasteiger partial charge in [-0.25, -0.2) is 4.98 Å². The van der Waals surface area contributed by atoms with E-state index in [0.717, 1.165) is 28.1 Å². The van der Waals surface area contributed by atoms with Crippen molar-refractivity contribution in [2.75, 3.05) is 18.4 Å². The van der Waals surface area contributed by atoms with Gasteiger partial charge < -0.3 is 9.88 Å². The SMILES string of the molecule is CC(N=c1scc(CN2CCCCC2)n1C)c1ccccc1NC(=O)c1cnc2ccccc2n1. The second-order valence-electron chi connectivity index (χ2n) is 9.00. The Morgan fingerprint density at radius 2 is 1.83 bits per heavy atom. The van der Waals surface area contributed by atoms with E-state index in [1.54, 1.807) is 11.3 Å². The summed E-state index contributed by atoms with van der Waals surface area (Å²) < 4.78 is 2.20. The Hall–Kier alpha value is -3.36. The Labute approximate surface area is 209 Å². The molecule has 5 rings (SSSR count). The van der Waals surface area contributed by atoms with E-state index in [2.05, 4.69) is 44.1 Å². The summed E-state index contributed by atoms with van der Waals surface area (Å²) in [6.45, 7) is 5.38. The highest BCUT2D eigenvalue weighted by Crippen LogP contribution is 2.26. The smallest absolute Gasteiger partial charge is 0.275 e.